The summed E-state index contributed by atoms with van der Waals surface area (Å²) in [4.78, 5) is 2.51. The topological polar surface area (TPSA) is 8.17 Å². The Morgan fingerprint density at radius 1 is 0.343 bits per heavy atom. The highest BCUT2D eigenvalue weighted by Gasteiger charge is 2.47. The Labute approximate surface area is 409 Å². The van der Waals surface area contributed by atoms with Gasteiger partial charge in [-0.15, -0.1) is 0 Å². The van der Waals surface area contributed by atoms with E-state index in [1.165, 1.54) is 99.3 Å². The van der Waals surface area contributed by atoms with Crippen molar-refractivity contribution in [2.24, 2.45) is 0 Å². The number of hydrogen-bond donors (Lipinski definition) is 0. The van der Waals surface area contributed by atoms with Gasteiger partial charge in [0.15, 0.2) is 0 Å². The Morgan fingerprint density at radius 2 is 0.857 bits per heavy atom. The van der Waals surface area contributed by atoms with Crippen LogP contribution in [0.1, 0.15) is 47.2 Å². The highest BCUT2D eigenvalue weighted by molar-refractivity contribution is 6.10. The molecule has 2 heteroatoms. The van der Waals surface area contributed by atoms with Gasteiger partial charge in [-0.05, 0) is 139 Å². The minimum absolute atomic E-state index is 0.150. The lowest BCUT2D eigenvalue weighted by Crippen LogP contribution is -2.28. The molecule has 0 bridgehead atoms. The number of rotatable bonds is 7. The zero-order valence-corrected chi connectivity index (χ0v) is 39.1. The lowest BCUT2D eigenvalue weighted by Gasteiger charge is -2.35. The molecular weight excluding hydrogens is 845 g/mol. The van der Waals surface area contributed by atoms with Crippen molar-refractivity contribution in [2.75, 3.05) is 4.90 Å². The number of nitrogens with zero attached hydrogens (tertiary/aromatic N) is 2. The zero-order valence-electron chi connectivity index (χ0n) is 39.1. The first-order chi connectivity index (χ1) is 34.5. The van der Waals surface area contributed by atoms with Crippen LogP contribution in [-0.2, 0) is 10.8 Å². The minimum atomic E-state index is -0.626. The van der Waals surface area contributed by atoms with Gasteiger partial charge in [-0.1, -0.05) is 202 Å². The molecule has 11 aromatic carbocycles. The largest absolute Gasteiger partial charge is 0.310 e. The summed E-state index contributed by atoms with van der Waals surface area (Å²) in [5.41, 5.74) is 21.5. The molecule has 1 heterocycles. The molecule has 0 N–H and O–H groups in total. The number of para-hydroxylation sites is 2. The van der Waals surface area contributed by atoms with Gasteiger partial charge in [0, 0.05) is 38.6 Å². The molecule has 0 aliphatic heterocycles. The lowest BCUT2D eigenvalue weighted by atomic mass is 9.67. The van der Waals surface area contributed by atoms with E-state index in [4.69, 9.17) is 0 Å². The molecule has 330 valence electrons. The first kappa shape index (κ1) is 40.4. The molecule has 2 aliphatic carbocycles. The molecule has 70 heavy (non-hydrogen) atoms. The summed E-state index contributed by atoms with van der Waals surface area (Å²) >= 11 is 0. The molecular formula is C68H48N2. The Kier molecular flexibility index (Phi) is 8.88. The van der Waals surface area contributed by atoms with Crippen LogP contribution < -0.4 is 4.90 Å². The monoisotopic (exact) mass is 892 g/mol. The molecule has 12 aromatic rings. The minimum Gasteiger partial charge on any atom is -0.310 e. The van der Waals surface area contributed by atoms with Crippen LogP contribution in [0, 0.1) is 0 Å². The van der Waals surface area contributed by atoms with Gasteiger partial charge in [-0.3, -0.25) is 0 Å². The molecule has 2 aliphatic rings. The average molecular weight is 893 g/mol. The van der Waals surface area contributed by atoms with Crippen molar-refractivity contribution >= 4 is 49.6 Å². The van der Waals surface area contributed by atoms with E-state index >= 15 is 0 Å². The molecule has 0 atom stereocenters. The Hall–Kier alpha value is -8.72. The zero-order chi connectivity index (χ0) is 46.6. The summed E-state index contributed by atoms with van der Waals surface area (Å²) in [6, 6.07) is 95.1. The quantitative estimate of drug-likeness (QED) is 0.155. The standard InChI is InChI=1S/C68H48N2/c1-67(2)60-30-16-14-28-54(60)55-38-35-51(43-61(55)67)69(64-32-18-20-45-19-12-13-27-53(45)64)52-36-39-57-56-37-33-47(42-62(56)68(63(57)44-52,48-21-6-3-7-22-48)49-23-8-4-9-24-49)46-34-40-66-59(41-46)58-29-15-17-31-65(58)70(66)50-25-10-5-11-26-50/h3-44H,1-2H3. The third-order valence-electron chi connectivity index (χ3n) is 15.6. The Bertz CT molecular complexity index is 3980. The Balaban J connectivity index is 1.00. The molecule has 2 nitrogen and oxygen atoms in total. The number of fused-ring (bicyclic) bond motifs is 10. The second-order valence-electron chi connectivity index (χ2n) is 19.6. The molecule has 1 aromatic heterocycles. The van der Waals surface area contributed by atoms with Gasteiger partial charge >= 0.3 is 0 Å². The van der Waals surface area contributed by atoms with Crippen molar-refractivity contribution in [1.82, 2.24) is 4.57 Å². The lowest BCUT2D eigenvalue weighted by molar-refractivity contribution is 0.660. The van der Waals surface area contributed by atoms with E-state index in [1.807, 2.05) is 0 Å². The first-order valence-electron chi connectivity index (χ1n) is 24.5. The summed E-state index contributed by atoms with van der Waals surface area (Å²) in [5, 5.41) is 4.92. The van der Waals surface area contributed by atoms with Gasteiger partial charge < -0.3 is 9.47 Å². The van der Waals surface area contributed by atoms with E-state index < -0.39 is 5.41 Å². The summed E-state index contributed by atoms with van der Waals surface area (Å²) < 4.78 is 2.39. The van der Waals surface area contributed by atoms with Crippen molar-refractivity contribution in [3.8, 4) is 39.1 Å². The fourth-order valence-corrected chi connectivity index (χ4v) is 12.5. The van der Waals surface area contributed by atoms with Gasteiger partial charge in [0.05, 0.1) is 22.1 Å². The number of benzene rings is 11. The highest BCUT2D eigenvalue weighted by Crippen LogP contribution is 2.59. The molecule has 0 radical (unpaired) electrons. The molecule has 14 rings (SSSR count). The maximum Gasteiger partial charge on any atom is 0.0714 e. The van der Waals surface area contributed by atoms with Crippen LogP contribution in [0.3, 0.4) is 0 Å². The van der Waals surface area contributed by atoms with E-state index in [1.54, 1.807) is 0 Å². The highest BCUT2D eigenvalue weighted by atomic mass is 15.1. The summed E-state index contributed by atoms with van der Waals surface area (Å²) in [5.74, 6) is 0. The van der Waals surface area contributed by atoms with E-state index in [0.717, 1.165) is 22.7 Å². The van der Waals surface area contributed by atoms with Crippen LogP contribution >= 0.6 is 0 Å². The predicted molar refractivity (Wildman–Crippen MR) is 293 cm³/mol. The van der Waals surface area contributed by atoms with Crippen molar-refractivity contribution < 1.29 is 0 Å². The summed E-state index contributed by atoms with van der Waals surface area (Å²) in [7, 11) is 0. The normalized spacial score (nSPS) is 13.8. The SMILES string of the molecule is CC1(C)c2ccccc2-c2ccc(N(c3ccc4c(c3)C(c3ccccc3)(c3ccccc3)c3cc(-c5ccc6c(c5)c5ccccc5n6-c5ccccc5)ccc3-4)c3cccc4ccccc34)cc21. The molecule has 0 amide bonds. The maximum absolute atomic E-state index is 2.51. The predicted octanol–water partition coefficient (Wildman–Crippen LogP) is 17.7. The van der Waals surface area contributed by atoms with E-state index in [-0.39, 0.29) is 5.41 Å². The second kappa shape index (κ2) is 15.4. The van der Waals surface area contributed by atoms with Crippen LogP contribution in [0.5, 0.6) is 0 Å². The van der Waals surface area contributed by atoms with E-state index in [9.17, 15) is 0 Å². The van der Waals surface area contributed by atoms with E-state index in [0.29, 0.717) is 0 Å². The van der Waals surface area contributed by atoms with Crippen LogP contribution in [0.15, 0.2) is 255 Å². The van der Waals surface area contributed by atoms with Gasteiger partial charge in [-0.25, -0.2) is 0 Å². The summed E-state index contributed by atoms with van der Waals surface area (Å²) in [6.45, 7) is 4.75. The number of aromatic nitrogens is 1. The van der Waals surface area contributed by atoms with Gasteiger partial charge in [0.1, 0.15) is 0 Å². The third kappa shape index (κ3) is 5.80. The second-order valence-corrected chi connectivity index (χ2v) is 19.6. The van der Waals surface area contributed by atoms with Crippen LogP contribution in [0.25, 0.3) is 71.6 Å². The fourth-order valence-electron chi connectivity index (χ4n) is 12.5. The maximum atomic E-state index is 2.51. The summed E-state index contributed by atoms with van der Waals surface area (Å²) in [6.07, 6.45) is 0. The van der Waals surface area contributed by atoms with Crippen LogP contribution in [-0.4, -0.2) is 4.57 Å². The van der Waals surface area contributed by atoms with Gasteiger partial charge in [0.2, 0.25) is 0 Å². The number of anilines is 3. The van der Waals surface area contributed by atoms with Crippen molar-refractivity contribution in [1.29, 1.82) is 0 Å². The van der Waals surface area contributed by atoms with E-state index in [2.05, 4.69) is 278 Å². The first-order valence-corrected chi connectivity index (χ1v) is 24.5. The fraction of sp³-hybridized carbons (Fsp3) is 0.0588. The number of hydrogen-bond acceptors (Lipinski definition) is 1. The van der Waals surface area contributed by atoms with Crippen molar-refractivity contribution in [3.63, 3.8) is 0 Å². The van der Waals surface area contributed by atoms with Crippen LogP contribution in [0.4, 0.5) is 17.1 Å². The molecule has 0 saturated carbocycles. The Morgan fingerprint density at radius 3 is 1.60 bits per heavy atom. The molecule has 0 saturated heterocycles. The molecule has 0 unspecified atom stereocenters. The molecule has 0 fully saturated rings. The van der Waals surface area contributed by atoms with Crippen molar-refractivity contribution in [3.05, 3.63) is 288 Å². The average Bonchev–Trinajstić information content (AvgIpc) is 3.99. The third-order valence-corrected chi connectivity index (χ3v) is 15.6. The van der Waals surface area contributed by atoms with Gasteiger partial charge in [0.25, 0.3) is 0 Å². The van der Waals surface area contributed by atoms with Gasteiger partial charge in [-0.2, -0.15) is 0 Å². The molecule has 0 spiro atoms. The smallest absolute Gasteiger partial charge is 0.0714 e. The van der Waals surface area contributed by atoms with Crippen LogP contribution in [0.2, 0.25) is 0 Å². The van der Waals surface area contributed by atoms with Crippen molar-refractivity contribution in [2.45, 2.75) is 24.7 Å².